The van der Waals surface area contributed by atoms with Crippen LogP contribution in [0, 0.1) is 23.1 Å². The number of aromatic nitrogens is 1. The van der Waals surface area contributed by atoms with Crippen molar-refractivity contribution >= 4 is 11.6 Å². The Labute approximate surface area is 128 Å². The number of hydrogen-bond donors (Lipinski definition) is 0. The summed E-state index contributed by atoms with van der Waals surface area (Å²) in [5.74, 6) is 0.255. The minimum absolute atomic E-state index is 0.241. The standard InChI is InChI=1S/C17H14ClFN2/c1-10-2-7-15-13(8-10)16(14(9-20)17(18)21-15)11-3-5-12(19)6-4-11/h3-6,10H,2,7-8H2,1H3. The van der Waals surface area contributed by atoms with E-state index in [1.165, 1.54) is 12.1 Å². The molecule has 21 heavy (non-hydrogen) atoms. The molecule has 0 amide bonds. The highest BCUT2D eigenvalue weighted by molar-refractivity contribution is 6.31. The van der Waals surface area contributed by atoms with Gasteiger partial charge >= 0.3 is 0 Å². The van der Waals surface area contributed by atoms with Gasteiger partial charge in [-0.2, -0.15) is 5.26 Å². The number of nitrogens with zero attached hydrogens (tertiary/aromatic N) is 2. The first-order valence-corrected chi connectivity index (χ1v) is 7.35. The molecule has 1 aliphatic rings. The second-order valence-corrected chi connectivity index (χ2v) is 5.90. The van der Waals surface area contributed by atoms with Crippen molar-refractivity contribution in [1.82, 2.24) is 4.98 Å². The van der Waals surface area contributed by atoms with Crippen molar-refractivity contribution in [2.45, 2.75) is 26.2 Å². The molecule has 1 unspecified atom stereocenters. The van der Waals surface area contributed by atoms with Crippen LogP contribution in [-0.4, -0.2) is 4.98 Å². The van der Waals surface area contributed by atoms with Crippen LogP contribution in [0.15, 0.2) is 24.3 Å². The zero-order valence-electron chi connectivity index (χ0n) is 11.7. The van der Waals surface area contributed by atoms with Gasteiger partial charge in [0.2, 0.25) is 0 Å². The first-order valence-electron chi connectivity index (χ1n) is 6.97. The van der Waals surface area contributed by atoms with Crippen LogP contribution in [-0.2, 0) is 12.8 Å². The Morgan fingerprint density at radius 1 is 1.33 bits per heavy atom. The molecule has 4 heteroatoms. The lowest BCUT2D eigenvalue weighted by Gasteiger charge is -2.24. The first-order chi connectivity index (χ1) is 10.1. The molecular formula is C17H14ClFN2. The van der Waals surface area contributed by atoms with Gasteiger partial charge in [0.05, 0.1) is 5.56 Å². The molecule has 0 radical (unpaired) electrons. The maximum Gasteiger partial charge on any atom is 0.147 e. The fourth-order valence-electron chi connectivity index (χ4n) is 2.94. The number of nitriles is 1. The summed E-state index contributed by atoms with van der Waals surface area (Å²) in [6, 6.07) is 8.36. The van der Waals surface area contributed by atoms with Crippen LogP contribution in [0.25, 0.3) is 11.1 Å². The van der Waals surface area contributed by atoms with Crippen LogP contribution >= 0.6 is 11.6 Å². The van der Waals surface area contributed by atoms with Gasteiger partial charge in [0.15, 0.2) is 0 Å². The zero-order chi connectivity index (χ0) is 15.0. The van der Waals surface area contributed by atoms with E-state index in [0.717, 1.165) is 41.6 Å². The summed E-state index contributed by atoms with van der Waals surface area (Å²) in [5.41, 5.74) is 4.08. The largest absolute Gasteiger partial charge is 0.239 e. The quantitative estimate of drug-likeness (QED) is 0.725. The molecule has 0 N–H and O–H groups in total. The van der Waals surface area contributed by atoms with Crippen molar-refractivity contribution in [2.75, 3.05) is 0 Å². The fraction of sp³-hybridized carbons (Fsp3) is 0.294. The molecule has 1 aromatic heterocycles. The zero-order valence-corrected chi connectivity index (χ0v) is 12.4. The third-order valence-corrected chi connectivity index (χ3v) is 4.28. The normalized spacial score (nSPS) is 17.1. The number of hydrogen-bond acceptors (Lipinski definition) is 2. The lowest BCUT2D eigenvalue weighted by atomic mass is 9.82. The van der Waals surface area contributed by atoms with Gasteiger partial charge in [-0.25, -0.2) is 9.37 Å². The van der Waals surface area contributed by atoms with Crippen molar-refractivity contribution in [1.29, 1.82) is 5.26 Å². The monoisotopic (exact) mass is 300 g/mol. The summed E-state index contributed by atoms with van der Waals surface area (Å²) in [4.78, 5) is 4.39. The second-order valence-electron chi connectivity index (χ2n) is 5.54. The van der Waals surface area contributed by atoms with E-state index in [1.54, 1.807) is 12.1 Å². The SMILES string of the molecule is CC1CCc2nc(Cl)c(C#N)c(-c3ccc(F)cc3)c2C1. The number of pyridine rings is 1. The molecule has 0 saturated heterocycles. The minimum atomic E-state index is -0.292. The van der Waals surface area contributed by atoms with E-state index >= 15 is 0 Å². The van der Waals surface area contributed by atoms with Gasteiger partial charge in [0.25, 0.3) is 0 Å². The predicted octanol–water partition coefficient (Wildman–Crippen LogP) is 4.54. The Bertz CT molecular complexity index is 732. The van der Waals surface area contributed by atoms with Crippen molar-refractivity contribution in [2.24, 2.45) is 5.92 Å². The maximum absolute atomic E-state index is 13.2. The van der Waals surface area contributed by atoms with E-state index in [0.29, 0.717) is 11.5 Å². The number of aryl methyl sites for hydroxylation is 1. The van der Waals surface area contributed by atoms with E-state index in [1.807, 2.05) is 0 Å². The molecule has 1 aromatic carbocycles. The van der Waals surface area contributed by atoms with Crippen LogP contribution in [0.2, 0.25) is 5.15 Å². The molecule has 0 fully saturated rings. The Kier molecular flexibility index (Phi) is 3.65. The van der Waals surface area contributed by atoms with Crippen molar-refractivity contribution in [3.05, 3.63) is 52.1 Å². The topological polar surface area (TPSA) is 36.7 Å². The first kappa shape index (κ1) is 14.0. The van der Waals surface area contributed by atoms with E-state index < -0.39 is 0 Å². The summed E-state index contributed by atoms with van der Waals surface area (Å²) in [5, 5.41) is 9.67. The third-order valence-electron chi connectivity index (χ3n) is 4.01. The molecule has 3 rings (SSSR count). The van der Waals surface area contributed by atoms with Crippen LogP contribution in [0.3, 0.4) is 0 Å². The van der Waals surface area contributed by atoms with Crippen LogP contribution in [0.5, 0.6) is 0 Å². The van der Waals surface area contributed by atoms with Gasteiger partial charge < -0.3 is 0 Å². The molecule has 1 heterocycles. The minimum Gasteiger partial charge on any atom is -0.239 e. The average Bonchev–Trinajstić information content (AvgIpc) is 2.47. The molecule has 0 spiro atoms. The molecule has 2 nitrogen and oxygen atoms in total. The Morgan fingerprint density at radius 3 is 2.71 bits per heavy atom. The van der Waals surface area contributed by atoms with Gasteiger partial charge in [0, 0.05) is 11.3 Å². The maximum atomic E-state index is 13.2. The summed E-state index contributed by atoms with van der Waals surface area (Å²) >= 11 is 6.18. The highest BCUT2D eigenvalue weighted by Crippen LogP contribution is 2.37. The van der Waals surface area contributed by atoms with Crippen LogP contribution in [0.4, 0.5) is 4.39 Å². The summed E-state index contributed by atoms with van der Waals surface area (Å²) in [7, 11) is 0. The lowest BCUT2D eigenvalue weighted by Crippen LogP contribution is -2.15. The third kappa shape index (κ3) is 2.52. The van der Waals surface area contributed by atoms with Crippen LogP contribution < -0.4 is 0 Å². The molecule has 1 aliphatic carbocycles. The van der Waals surface area contributed by atoms with Gasteiger partial charge in [-0.05, 0) is 48.4 Å². The average molecular weight is 301 g/mol. The molecule has 0 saturated carbocycles. The summed E-state index contributed by atoms with van der Waals surface area (Å²) < 4.78 is 13.2. The van der Waals surface area contributed by atoms with E-state index in [2.05, 4.69) is 18.0 Å². The van der Waals surface area contributed by atoms with Crippen molar-refractivity contribution < 1.29 is 4.39 Å². The Hall–Kier alpha value is -1.92. The van der Waals surface area contributed by atoms with Crippen molar-refractivity contribution in [3.8, 4) is 17.2 Å². The Morgan fingerprint density at radius 2 is 2.05 bits per heavy atom. The molecule has 0 bridgehead atoms. The van der Waals surface area contributed by atoms with E-state index in [-0.39, 0.29) is 11.0 Å². The molecule has 2 aromatic rings. The molecule has 0 aliphatic heterocycles. The van der Waals surface area contributed by atoms with E-state index in [9.17, 15) is 9.65 Å². The molecule has 106 valence electrons. The summed E-state index contributed by atoms with van der Waals surface area (Å²) in [6.07, 6.45) is 2.82. The fourth-order valence-corrected chi connectivity index (χ4v) is 3.18. The highest BCUT2D eigenvalue weighted by Gasteiger charge is 2.24. The number of fused-ring (bicyclic) bond motifs is 1. The van der Waals surface area contributed by atoms with Crippen LogP contribution in [0.1, 0.15) is 30.2 Å². The Balaban J connectivity index is 2.28. The number of benzene rings is 1. The summed E-state index contributed by atoms with van der Waals surface area (Å²) in [6.45, 7) is 2.19. The molecule has 1 atom stereocenters. The predicted molar refractivity (Wildman–Crippen MR) is 80.5 cm³/mol. The van der Waals surface area contributed by atoms with Gasteiger partial charge in [-0.1, -0.05) is 30.7 Å². The highest BCUT2D eigenvalue weighted by atomic mass is 35.5. The smallest absolute Gasteiger partial charge is 0.147 e. The second kappa shape index (κ2) is 5.46. The van der Waals surface area contributed by atoms with Gasteiger partial charge in [0.1, 0.15) is 17.0 Å². The lowest BCUT2D eigenvalue weighted by molar-refractivity contribution is 0.494. The van der Waals surface area contributed by atoms with Gasteiger partial charge in [-0.3, -0.25) is 0 Å². The number of rotatable bonds is 1. The van der Waals surface area contributed by atoms with Gasteiger partial charge in [-0.15, -0.1) is 0 Å². The van der Waals surface area contributed by atoms with E-state index in [4.69, 9.17) is 11.6 Å². The molecular weight excluding hydrogens is 287 g/mol. The number of halogens is 2. The van der Waals surface area contributed by atoms with Crippen molar-refractivity contribution in [3.63, 3.8) is 0 Å².